The number of nitrogens with zero attached hydrogens (tertiary/aromatic N) is 4. The van der Waals surface area contributed by atoms with Crippen LogP contribution >= 0.6 is 0 Å². The number of hydrogen-bond acceptors (Lipinski definition) is 12. The summed E-state index contributed by atoms with van der Waals surface area (Å²) in [6, 6.07) is 4.76. The van der Waals surface area contributed by atoms with Gasteiger partial charge in [-0.2, -0.15) is 0 Å². The Morgan fingerprint density at radius 3 is 2.29 bits per heavy atom. The first kappa shape index (κ1) is 32.4. The predicted molar refractivity (Wildman–Crippen MR) is 152 cm³/mol. The number of esters is 3. The van der Waals surface area contributed by atoms with Crippen molar-refractivity contribution in [2.45, 2.75) is 78.7 Å². The standard InChI is InChI=1S/C30H40N4O8/c1-6-20-17-22(18-20)41-25(35)14-12-21-11-13-23(24(19-21)38-5)42-27(36)26-31-33-29(34-32-26)40-16-10-8-7-9-15-39-28(37)30(2,3)4/h11-14,19-20,22H,6-10,15-18H2,1-5H3/b14-12+. The first-order valence-corrected chi connectivity index (χ1v) is 14.2. The lowest BCUT2D eigenvalue weighted by atomic mass is 9.80. The second-order valence-electron chi connectivity index (χ2n) is 11.1. The Labute approximate surface area is 246 Å². The van der Waals surface area contributed by atoms with Crippen LogP contribution in [-0.2, 0) is 19.1 Å². The van der Waals surface area contributed by atoms with Crippen molar-refractivity contribution < 1.29 is 38.1 Å². The van der Waals surface area contributed by atoms with E-state index in [9.17, 15) is 14.4 Å². The van der Waals surface area contributed by atoms with Crippen LogP contribution in [0.2, 0.25) is 0 Å². The van der Waals surface area contributed by atoms with Gasteiger partial charge in [0, 0.05) is 6.08 Å². The molecule has 0 N–H and O–H groups in total. The van der Waals surface area contributed by atoms with Gasteiger partial charge in [-0.3, -0.25) is 4.79 Å². The number of hydrogen-bond donors (Lipinski definition) is 0. The molecule has 0 amide bonds. The molecule has 0 radical (unpaired) electrons. The summed E-state index contributed by atoms with van der Waals surface area (Å²) in [6.45, 7) is 8.35. The molecule has 0 aliphatic heterocycles. The molecule has 1 aromatic carbocycles. The van der Waals surface area contributed by atoms with Crippen LogP contribution < -0.4 is 14.2 Å². The fraction of sp³-hybridized carbons (Fsp3) is 0.567. The van der Waals surface area contributed by atoms with Gasteiger partial charge in [0.1, 0.15) is 6.10 Å². The number of methoxy groups -OCH3 is 1. The average molecular weight is 585 g/mol. The first-order chi connectivity index (χ1) is 20.1. The second-order valence-corrected chi connectivity index (χ2v) is 11.1. The maximum atomic E-state index is 12.5. The Hall–Kier alpha value is -4.09. The number of carbonyl (C=O) groups excluding carboxylic acids is 3. The summed E-state index contributed by atoms with van der Waals surface area (Å²) in [5, 5.41) is 15.0. The molecular formula is C30H40N4O8. The Bertz CT molecular complexity index is 1220. The van der Waals surface area contributed by atoms with E-state index in [1.807, 2.05) is 20.8 Å². The van der Waals surface area contributed by atoms with Gasteiger partial charge in [0.2, 0.25) is 0 Å². The minimum absolute atomic E-state index is 0.00994. The molecule has 1 aliphatic carbocycles. The lowest BCUT2D eigenvalue weighted by Gasteiger charge is -2.33. The van der Waals surface area contributed by atoms with E-state index in [0.29, 0.717) is 24.7 Å². The summed E-state index contributed by atoms with van der Waals surface area (Å²) < 4.78 is 26.8. The van der Waals surface area contributed by atoms with Gasteiger partial charge in [-0.1, -0.05) is 29.6 Å². The highest BCUT2D eigenvalue weighted by atomic mass is 16.6. The molecule has 2 aromatic rings. The monoisotopic (exact) mass is 584 g/mol. The van der Waals surface area contributed by atoms with Crippen molar-refractivity contribution >= 4 is 24.0 Å². The van der Waals surface area contributed by atoms with Crippen LogP contribution in [0.25, 0.3) is 6.08 Å². The van der Waals surface area contributed by atoms with Crippen LogP contribution in [0, 0.1) is 11.3 Å². The number of benzene rings is 1. The third-order valence-electron chi connectivity index (χ3n) is 6.61. The minimum atomic E-state index is -0.871. The van der Waals surface area contributed by atoms with Crippen molar-refractivity contribution in [1.82, 2.24) is 20.4 Å². The van der Waals surface area contributed by atoms with E-state index in [-0.39, 0.29) is 35.4 Å². The van der Waals surface area contributed by atoms with Crippen LogP contribution in [0.5, 0.6) is 17.5 Å². The molecule has 228 valence electrons. The van der Waals surface area contributed by atoms with Crippen molar-refractivity contribution in [1.29, 1.82) is 0 Å². The van der Waals surface area contributed by atoms with Crippen molar-refractivity contribution in [2.24, 2.45) is 11.3 Å². The molecule has 0 bridgehead atoms. The summed E-state index contributed by atoms with van der Waals surface area (Å²) in [5.74, 6) is -0.766. The Kier molecular flexibility index (Phi) is 12.2. The van der Waals surface area contributed by atoms with Crippen molar-refractivity contribution in [3.05, 3.63) is 35.7 Å². The molecule has 1 aromatic heterocycles. The van der Waals surface area contributed by atoms with Gasteiger partial charge in [0.25, 0.3) is 5.82 Å². The lowest BCUT2D eigenvalue weighted by molar-refractivity contribution is -0.153. The van der Waals surface area contributed by atoms with Crippen molar-refractivity contribution in [3.8, 4) is 17.5 Å². The third kappa shape index (κ3) is 10.4. The quantitative estimate of drug-likeness (QED) is 0.123. The maximum absolute atomic E-state index is 12.5. The van der Waals surface area contributed by atoms with Crippen molar-refractivity contribution in [2.75, 3.05) is 20.3 Å². The molecule has 0 spiro atoms. The SMILES string of the molecule is CCC1CC(OC(=O)/C=C/c2ccc(OC(=O)c3nnc(OCCCCCCOC(=O)C(C)(C)C)nn3)c(OC)c2)C1. The lowest BCUT2D eigenvalue weighted by Crippen LogP contribution is -2.32. The largest absolute Gasteiger partial charge is 0.493 e. The highest BCUT2D eigenvalue weighted by molar-refractivity contribution is 5.88. The highest BCUT2D eigenvalue weighted by Gasteiger charge is 2.30. The molecule has 1 heterocycles. The van der Waals surface area contributed by atoms with Gasteiger partial charge < -0.3 is 23.7 Å². The van der Waals surface area contributed by atoms with E-state index in [0.717, 1.165) is 44.9 Å². The summed E-state index contributed by atoms with van der Waals surface area (Å²) in [4.78, 5) is 36.3. The molecule has 12 nitrogen and oxygen atoms in total. The smallest absolute Gasteiger partial charge is 0.385 e. The maximum Gasteiger partial charge on any atom is 0.385 e. The molecule has 1 saturated carbocycles. The van der Waals surface area contributed by atoms with E-state index >= 15 is 0 Å². The van der Waals surface area contributed by atoms with E-state index in [1.165, 1.54) is 19.3 Å². The van der Waals surface area contributed by atoms with Crippen LogP contribution in [0.1, 0.15) is 88.8 Å². The molecule has 1 fully saturated rings. The van der Waals surface area contributed by atoms with E-state index in [1.54, 1.807) is 18.2 Å². The van der Waals surface area contributed by atoms with Gasteiger partial charge in [-0.15, -0.1) is 10.2 Å². The van der Waals surface area contributed by atoms with Crippen LogP contribution in [0.15, 0.2) is 24.3 Å². The van der Waals surface area contributed by atoms with Gasteiger partial charge in [-0.05, 0) is 89.0 Å². The zero-order valence-electron chi connectivity index (χ0n) is 25.0. The van der Waals surface area contributed by atoms with E-state index < -0.39 is 17.4 Å². The molecule has 0 unspecified atom stereocenters. The van der Waals surface area contributed by atoms with E-state index in [2.05, 4.69) is 27.3 Å². The van der Waals surface area contributed by atoms with Crippen molar-refractivity contribution in [3.63, 3.8) is 0 Å². The number of unbranched alkanes of at least 4 members (excludes halogenated alkanes) is 3. The zero-order chi connectivity index (χ0) is 30.5. The van der Waals surface area contributed by atoms with Crippen LogP contribution in [0.4, 0.5) is 0 Å². The molecule has 12 heteroatoms. The Morgan fingerprint density at radius 2 is 1.64 bits per heavy atom. The summed E-state index contributed by atoms with van der Waals surface area (Å²) in [5.41, 5.74) is 0.166. The first-order valence-electron chi connectivity index (χ1n) is 14.2. The molecule has 0 saturated heterocycles. The predicted octanol–water partition coefficient (Wildman–Crippen LogP) is 4.77. The minimum Gasteiger partial charge on any atom is -0.493 e. The molecule has 3 rings (SSSR count). The van der Waals surface area contributed by atoms with Gasteiger partial charge in [0.05, 0.1) is 25.7 Å². The zero-order valence-corrected chi connectivity index (χ0v) is 25.0. The normalized spacial score (nSPS) is 16.4. The molecular weight excluding hydrogens is 544 g/mol. The van der Waals surface area contributed by atoms with E-state index in [4.69, 9.17) is 23.7 Å². The van der Waals surface area contributed by atoms with Gasteiger partial charge in [-0.25, -0.2) is 9.59 Å². The average Bonchev–Trinajstić information content (AvgIpc) is 2.95. The topological polar surface area (TPSA) is 149 Å². The number of ether oxygens (including phenoxy) is 5. The molecule has 0 atom stereocenters. The summed E-state index contributed by atoms with van der Waals surface area (Å²) in [6.07, 6.45) is 9.16. The Balaban J connectivity index is 1.39. The molecule has 42 heavy (non-hydrogen) atoms. The summed E-state index contributed by atoms with van der Waals surface area (Å²) >= 11 is 0. The second kappa shape index (κ2) is 15.8. The van der Waals surface area contributed by atoms with Gasteiger partial charge >= 0.3 is 23.9 Å². The fourth-order valence-electron chi connectivity index (χ4n) is 3.95. The third-order valence-corrected chi connectivity index (χ3v) is 6.61. The van der Waals surface area contributed by atoms with Crippen LogP contribution in [-0.4, -0.2) is 64.7 Å². The fourth-order valence-corrected chi connectivity index (χ4v) is 3.95. The van der Waals surface area contributed by atoms with Gasteiger partial charge in [0.15, 0.2) is 11.5 Å². The molecule has 1 aliphatic rings. The summed E-state index contributed by atoms with van der Waals surface area (Å²) in [7, 11) is 1.43. The number of rotatable bonds is 15. The Morgan fingerprint density at radius 1 is 0.952 bits per heavy atom. The number of carbonyl (C=O) groups is 3. The highest BCUT2D eigenvalue weighted by Crippen LogP contribution is 2.33. The number of aromatic nitrogens is 4. The van der Waals surface area contributed by atoms with Crippen LogP contribution in [0.3, 0.4) is 0 Å².